The summed E-state index contributed by atoms with van der Waals surface area (Å²) in [6.07, 6.45) is 1.03. The third kappa shape index (κ3) is 5.56. The summed E-state index contributed by atoms with van der Waals surface area (Å²) in [6.45, 7) is 1.66. The standard InChI is InChI=1S/C14H21N5O2S.ClH/c1-19-14(16-17-18-19)22-9-5-8-15-10-11-6-4-7-12(20-2)13(11)21-3;/h4,6-7,15H,5,8-10H2,1-3H3;1H. The number of aryl methyl sites for hydroxylation is 1. The smallest absolute Gasteiger partial charge is 0.209 e. The molecule has 0 aliphatic heterocycles. The number of ether oxygens (including phenoxy) is 2. The number of rotatable bonds is 9. The van der Waals surface area contributed by atoms with E-state index in [1.54, 1.807) is 30.7 Å². The van der Waals surface area contributed by atoms with Crippen molar-refractivity contribution in [1.29, 1.82) is 0 Å². The van der Waals surface area contributed by atoms with Crippen molar-refractivity contribution in [3.8, 4) is 11.5 Å². The minimum atomic E-state index is 0. The molecule has 0 bridgehead atoms. The molecular weight excluding hydrogens is 338 g/mol. The van der Waals surface area contributed by atoms with E-state index in [0.717, 1.165) is 47.5 Å². The van der Waals surface area contributed by atoms with E-state index in [4.69, 9.17) is 9.47 Å². The van der Waals surface area contributed by atoms with Crippen LogP contribution in [0.1, 0.15) is 12.0 Å². The lowest BCUT2D eigenvalue weighted by Crippen LogP contribution is -2.16. The number of hydrogen-bond acceptors (Lipinski definition) is 7. The maximum absolute atomic E-state index is 5.41. The van der Waals surface area contributed by atoms with Crippen LogP contribution in [-0.2, 0) is 13.6 Å². The van der Waals surface area contributed by atoms with E-state index < -0.39 is 0 Å². The number of benzene rings is 1. The Morgan fingerprint density at radius 3 is 2.74 bits per heavy atom. The van der Waals surface area contributed by atoms with Gasteiger partial charge in [-0.05, 0) is 29.5 Å². The third-order valence-corrected chi connectivity index (χ3v) is 4.21. The minimum Gasteiger partial charge on any atom is -0.493 e. The number of tetrazole rings is 1. The number of halogens is 1. The Kier molecular flexibility index (Phi) is 8.75. The van der Waals surface area contributed by atoms with Gasteiger partial charge in [-0.3, -0.25) is 0 Å². The topological polar surface area (TPSA) is 74.1 Å². The third-order valence-electron chi connectivity index (χ3n) is 3.11. The van der Waals surface area contributed by atoms with Crippen LogP contribution in [0.5, 0.6) is 11.5 Å². The summed E-state index contributed by atoms with van der Waals surface area (Å²) in [7, 11) is 5.15. The first-order chi connectivity index (χ1) is 10.8. The van der Waals surface area contributed by atoms with Crippen molar-refractivity contribution in [3.05, 3.63) is 23.8 Å². The largest absolute Gasteiger partial charge is 0.493 e. The molecule has 0 amide bonds. The van der Waals surface area contributed by atoms with Crippen LogP contribution in [0.4, 0.5) is 0 Å². The number of para-hydroxylation sites is 1. The average Bonchev–Trinajstić information content (AvgIpc) is 2.95. The summed E-state index contributed by atoms with van der Waals surface area (Å²) in [5.74, 6) is 2.51. The number of hydrogen-bond donors (Lipinski definition) is 1. The maximum Gasteiger partial charge on any atom is 0.209 e. The zero-order chi connectivity index (χ0) is 15.8. The Morgan fingerprint density at radius 2 is 2.09 bits per heavy atom. The number of nitrogens with zero attached hydrogens (tertiary/aromatic N) is 4. The summed E-state index contributed by atoms with van der Waals surface area (Å²) < 4.78 is 12.4. The molecule has 0 radical (unpaired) electrons. The number of nitrogens with one attached hydrogen (secondary N) is 1. The quantitative estimate of drug-likeness (QED) is 0.541. The average molecular weight is 360 g/mol. The molecule has 0 aliphatic carbocycles. The van der Waals surface area contributed by atoms with Gasteiger partial charge in [0.2, 0.25) is 5.16 Å². The molecule has 0 saturated heterocycles. The molecule has 9 heteroatoms. The first kappa shape index (κ1) is 19.5. The summed E-state index contributed by atoms with van der Waals surface area (Å²) in [5.41, 5.74) is 1.09. The molecule has 128 valence electrons. The molecule has 7 nitrogen and oxygen atoms in total. The SMILES string of the molecule is COc1cccc(CNCCCSc2nnnn2C)c1OC.Cl. The van der Waals surface area contributed by atoms with Crippen LogP contribution in [-0.4, -0.2) is 46.7 Å². The van der Waals surface area contributed by atoms with E-state index in [0.29, 0.717) is 0 Å². The number of aromatic nitrogens is 4. The molecule has 1 N–H and O–H groups in total. The summed E-state index contributed by atoms with van der Waals surface area (Å²) in [4.78, 5) is 0. The zero-order valence-corrected chi connectivity index (χ0v) is 15.1. The van der Waals surface area contributed by atoms with E-state index in [9.17, 15) is 0 Å². The van der Waals surface area contributed by atoms with Crippen LogP contribution in [0.15, 0.2) is 23.4 Å². The highest BCUT2D eigenvalue weighted by Gasteiger charge is 2.08. The van der Waals surface area contributed by atoms with Gasteiger partial charge in [0.1, 0.15) is 0 Å². The molecular formula is C14H22ClN5O2S. The highest BCUT2D eigenvalue weighted by atomic mass is 35.5. The molecule has 23 heavy (non-hydrogen) atoms. The summed E-state index contributed by atoms with van der Waals surface area (Å²) in [6, 6.07) is 5.90. The highest BCUT2D eigenvalue weighted by molar-refractivity contribution is 7.99. The van der Waals surface area contributed by atoms with Gasteiger partial charge in [0.05, 0.1) is 14.2 Å². The Labute approximate surface area is 146 Å². The second-order valence-electron chi connectivity index (χ2n) is 4.62. The molecule has 1 aromatic heterocycles. The minimum absolute atomic E-state index is 0. The lowest BCUT2D eigenvalue weighted by Gasteiger charge is -2.13. The molecule has 1 aromatic carbocycles. The molecule has 0 spiro atoms. The molecule has 0 aliphatic rings. The van der Waals surface area contributed by atoms with E-state index in [-0.39, 0.29) is 12.4 Å². The van der Waals surface area contributed by atoms with E-state index in [1.807, 2.05) is 25.2 Å². The second-order valence-corrected chi connectivity index (χ2v) is 5.68. The van der Waals surface area contributed by atoms with Crippen molar-refractivity contribution >= 4 is 24.2 Å². The van der Waals surface area contributed by atoms with Gasteiger partial charge in [-0.15, -0.1) is 17.5 Å². The van der Waals surface area contributed by atoms with Gasteiger partial charge in [-0.2, -0.15) is 0 Å². The number of methoxy groups -OCH3 is 2. The highest BCUT2D eigenvalue weighted by Crippen LogP contribution is 2.30. The Bertz CT molecular complexity index is 596. The van der Waals surface area contributed by atoms with Gasteiger partial charge in [0, 0.05) is 24.9 Å². The molecule has 0 unspecified atom stereocenters. The Balaban J connectivity index is 0.00000264. The zero-order valence-electron chi connectivity index (χ0n) is 13.5. The predicted octanol–water partition coefficient (Wildman–Crippen LogP) is 1.92. The van der Waals surface area contributed by atoms with Crippen molar-refractivity contribution in [1.82, 2.24) is 25.5 Å². The Hall–Kier alpha value is -1.51. The van der Waals surface area contributed by atoms with Crippen LogP contribution >= 0.6 is 24.2 Å². The summed E-state index contributed by atoms with van der Waals surface area (Å²) in [5, 5.41) is 15.6. The fourth-order valence-corrected chi connectivity index (χ4v) is 2.81. The fourth-order valence-electron chi connectivity index (χ4n) is 2.02. The molecule has 2 rings (SSSR count). The van der Waals surface area contributed by atoms with E-state index in [1.165, 1.54) is 0 Å². The fraction of sp³-hybridized carbons (Fsp3) is 0.500. The van der Waals surface area contributed by atoms with Crippen LogP contribution in [0.3, 0.4) is 0 Å². The van der Waals surface area contributed by atoms with Gasteiger partial charge >= 0.3 is 0 Å². The van der Waals surface area contributed by atoms with Crippen LogP contribution < -0.4 is 14.8 Å². The molecule has 0 saturated carbocycles. The van der Waals surface area contributed by atoms with Crippen molar-refractivity contribution in [3.63, 3.8) is 0 Å². The predicted molar refractivity (Wildman–Crippen MR) is 92.6 cm³/mol. The normalized spacial score (nSPS) is 10.2. The van der Waals surface area contributed by atoms with Gasteiger partial charge in [0.25, 0.3) is 0 Å². The lowest BCUT2D eigenvalue weighted by molar-refractivity contribution is 0.350. The van der Waals surface area contributed by atoms with Crippen molar-refractivity contribution < 1.29 is 9.47 Å². The maximum atomic E-state index is 5.41. The Morgan fingerprint density at radius 1 is 1.26 bits per heavy atom. The van der Waals surface area contributed by atoms with E-state index >= 15 is 0 Å². The van der Waals surface area contributed by atoms with Crippen LogP contribution in [0.2, 0.25) is 0 Å². The lowest BCUT2D eigenvalue weighted by atomic mass is 10.2. The molecule has 1 heterocycles. The first-order valence-electron chi connectivity index (χ1n) is 7.02. The summed E-state index contributed by atoms with van der Waals surface area (Å²) >= 11 is 1.66. The van der Waals surface area contributed by atoms with Crippen LogP contribution in [0.25, 0.3) is 0 Å². The van der Waals surface area contributed by atoms with Crippen LogP contribution in [0, 0.1) is 0 Å². The second kappa shape index (κ2) is 10.3. The van der Waals surface area contributed by atoms with Gasteiger partial charge in [-0.1, -0.05) is 23.9 Å². The van der Waals surface area contributed by atoms with Crippen molar-refractivity contribution in [2.24, 2.45) is 7.05 Å². The molecule has 0 atom stereocenters. The first-order valence-corrected chi connectivity index (χ1v) is 8.00. The van der Waals surface area contributed by atoms with Gasteiger partial charge < -0.3 is 14.8 Å². The monoisotopic (exact) mass is 359 g/mol. The van der Waals surface area contributed by atoms with E-state index in [2.05, 4.69) is 20.8 Å². The molecule has 0 fully saturated rings. The van der Waals surface area contributed by atoms with Gasteiger partial charge in [0.15, 0.2) is 11.5 Å². The van der Waals surface area contributed by atoms with Crippen molar-refractivity contribution in [2.75, 3.05) is 26.5 Å². The molecule has 2 aromatic rings. The van der Waals surface area contributed by atoms with Gasteiger partial charge in [-0.25, -0.2) is 4.68 Å². The number of thioether (sulfide) groups is 1. The van der Waals surface area contributed by atoms with Crippen molar-refractivity contribution in [2.45, 2.75) is 18.1 Å².